The molecule has 1 aliphatic rings. The van der Waals surface area contributed by atoms with Crippen LogP contribution >= 0.6 is 0 Å². The molecule has 3 N–H and O–H groups in total. The van der Waals surface area contributed by atoms with Crippen LogP contribution in [0.25, 0.3) is 0 Å². The highest BCUT2D eigenvalue weighted by atomic mass is 19.1. The molecular weight excluding hydrogens is 291 g/mol. The first kappa shape index (κ1) is 17.2. The van der Waals surface area contributed by atoms with Crippen molar-refractivity contribution in [3.8, 4) is 0 Å². The van der Waals surface area contributed by atoms with Crippen molar-refractivity contribution in [3.05, 3.63) is 70.8 Å². The van der Waals surface area contributed by atoms with Crippen LogP contribution in [0.15, 0.2) is 53.9 Å². The molecule has 0 saturated carbocycles. The van der Waals surface area contributed by atoms with Crippen LogP contribution in [-0.4, -0.2) is 32.6 Å². The molecule has 0 aromatic heterocycles. The van der Waals surface area contributed by atoms with Gasteiger partial charge in [0.05, 0.1) is 6.04 Å². The largest absolute Gasteiger partial charge is 0.388 e. The van der Waals surface area contributed by atoms with Gasteiger partial charge in [-0.1, -0.05) is 18.2 Å². The van der Waals surface area contributed by atoms with Crippen molar-refractivity contribution < 1.29 is 4.39 Å². The Labute approximate surface area is 137 Å². The molecule has 1 heterocycles. The minimum atomic E-state index is -0.170. The van der Waals surface area contributed by atoms with Gasteiger partial charge in [-0.05, 0) is 49.5 Å². The molecule has 0 spiro atoms. The lowest BCUT2D eigenvalue weighted by molar-refractivity contribution is 0.373. The number of nitrogens with one attached hydrogen (secondary N) is 3. The van der Waals surface area contributed by atoms with E-state index in [0.29, 0.717) is 12.1 Å². The fourth-order valence-corrected chi connectivity index (χ4v) is 2.79. The van der Waals surface area contributed by atoms with Crippen LogP contribution in [-0.2, 0) is 0 Å². The van der Waals surface area contributed by atoms with E-state index in [1.807, 2.05) is 45.6 Å². The highest BCUT2D eigenvalue weighted by molar-refractivity contribution is 5.45. The summed E-state index contributed by atoms with van der Waals surface area (Å²) in [6, 6.07) is 5.37. The van der Waals surface area contributed by atoms with Gasteiger partial charge in [0.15, 0.2) is 0 Å². The molecule has 5 heteroatoms. The molecule has 0 radical (unpaired) electrons. The number of allylic oxidation sites excluding steroid dienone is 2. The first-order valence-electron chi connectivity index (χ1n) is 7.72. The number of nitrogens with zero attached hydrogens (tertiary/aromatic N) is 1. The number of hydrogen-bond acceptors (Lipinski definition) is 4. The normalized spacial score (nSPS) is 18.1. The lowest BCUT2D eigenvalue weighted by atomic mass is 9.91. The van der Waals surface area contributed by atoms with Gasteiger partial charge in [-0.25, -0.2) is 4.39 Å². The van der Waals surface area contributed by atoms with E-state index in [1.54, 1.807) is 13.0 Å². The van der Waals surface area contributed by atoms with Crippen molar-refractivity contribution in [1.82, 2.24) is 21.1 Å². The first-order chi connectivity index (χ1) is 11.1. The van der Waals surface area contributed by atoms with E-state index in [9.17, 15) is 4.39 Å². The zero-order valence-electron chi connectivity index (χ0n) is 14.2. The molecular formula is C18H25FN4. The van der Waals surface area contributed by atoms with Gasteiger partial charge in [0.2, 0.25) is 0 Å². The van der Waals surface area contributed by atoms with Crippen LogP contribution in [0.3, 0.4) is 0 Å². The van der Waals surface area contributed by atoms with E-state index in [2.05, 4.69) is 33.2 Å². The quantitative estimate of drug-likeness (QED) is 0.557. The Morgan fingerprint density at radius 2 is 2.13 bits per heavy atom. The van der Waals surface area contributed by atoms with E-state index >= 15 is 0 Å². The molecule has 4 nitrogen and oxygen atoms in total. The minimum absolute atomic E-state index is 0.0487. The Morgan fingerprint density at radius 1 is 1.35 bits per heavy atom. The van der Waals surface area contributed by atoms with Crippen molar-refractivity contribution >= 4 is 0 Å². The Kier molecular flexibility index (Phi) is 5.96. The maximum Gasteiger partial charge on any atom is 0.126 e. The Morgan fingerprint density at radius 3 is 2.78 bits per heavy atom. The molecule has 0 fully saturated rings. The van der Waals surface area contributed by atoms with E-state index in [0.717, 1.165) is 16.8 Å². The van der Waals surface area contributed by atoms with Crippen LogP contribution < -0.4 is 16.2 Å². The van der Waals surface area contributed by atoms with Gasteiger partial charge in [-0.15, -0.1) is 0 Å². The summed E-state index contributed by atoms with van der Waals surface area (Å²) < 4.78 is 13.6. The van der Waals surface area contributed by atoms with E-state index in [-0.39, 0.29) is 11.9 Å². The summed E-state index contributed by atoms with van der Waals surface area (Å²) in [6.07, 6.45) is 8.26. The first-order valence-corrected chi connectivity index (χ1v) is 7.72. The number of halogens is 1. The smallest absolute Gasteiger partial charge is 0.126 e. The molecule has 0 amide bonds. The van der Waals surface area contributed by atoms with Crippen LogP contribution in [0.5, 0.6) is 0 Å². The monoisotopic (exact) mass is 316 g/mol. The number of aryl methyl sites for hydroxylation is 1. The van der Waals surface area contributed by atoms with E-state index in [4.69, 9.17) is 0 Å². The predicted octanol–water partition coefficient (Wildman–Crippen LogP) is 2.39. The number of likely N-dealkylation sites (N-methyl/N-ethyl adjacent to an activating group) is 2. The predicted molar refractivity (Wildman–Crippen MR) is 93.1 cm³/mol. The molecule has 1 aliphatic heterocycles. The number of hydrazine groups is 1. The number of rotatable bonds is 6. The minimum Gasteiger partial charge on any atom is -0.388 e. The molecule has 0 bridgehead atoms. The van der Waals surface area contributed by atoms with Gasteiger partial charge in [0.1, 0.15) is 5.82 Å². The third kappa shape index (κ3) is 4.00. The molecule has 1 aromatic rings. The second-order valence-electron chi connectivity index (χ2n) is 5.54. The summed E-state index contributed by atoms with van der Waals surface area (Å²) in [7, 11) is 5.79. The number of benzene rings is 1. The van der Waals surface area contributed by atoms with Gasteiger partial charge < -0.3 is 10.2 Å². The summed E-state index contributed by atoms with van der Waals surface area (Å²) >= 11 is 0. The average Bonchev–Trinajstić information content (AvgIpc) is 2.54. The SMILES string of the molecule is CNNC/C=C(\NC)C1=CC=CN(C)C1c1ccc(F)c(C)c1. The zero-order valence-corrected chi connectivity index (χ0v) is 14.2. The summed E-state index contributed by atoms with van der Waals surface area (Å²) in [5.41, 5.74) is 9.91. The van der Waals surface area contributed by atoms with Gasteiger partial charge in [-0.3, -0.25) is 10.9 Å². The van der Waals surface area contributed by atoms with Gasteiger partial charge in [0, 0.05) is 31.9 Å². The molecule has 1 atom stereocenters. The topological polar surface area (TPSA) is 39.3 Å². The van der Waals surface area contributed by atoms with Gasteiger partial charge in [-0.2, -0.15) is 0 Å². The summed E-state index contributed by atoms with van der Waals surface area (Å²) in [5.74, 6) is -0.170. The van der Waals surface area contributed by atoms with Crippen molar-refractivity contribution in [3.63, 3.8) is 0 Å². The van der Waals surface area contributed by atoms with Crippen molar-refractivity contribution in [2.45, 2.75) is 13.0 Å². The molecule has 0 saturated heterocycles. The van der Waals surface area contributed by atoms with Gasteiger partial charge >= 0.3 is 0 Å². The third-order valence-electron chi connectivity index (χ3n) is 3.96. The maximum absolute atomic E-state index is 13.6. The fourth-order valence-electron chi connectivity index (χ4n) is 2.79. The molecule has 1 unspecified atom stereocenters. The maximum atomic E-state index is 13.6. The van der Waals surface area contributed by atoms with Crippen molar-refractivity contribution in [2.24, 2.45) is 0 Å². The summed E-state index contributed by atoms with van der Waals surface area (Å²) in [5, 5.41) is 3.27. The summed E-state index contributed by atoms with van der Waals surface area (Å²) in [4.78, 5) is 2.14. The molecule has 1 aromatic carbocycles. The Bertz CT molecular complexity index is 634. The van der Waals surface area contributed by atoms with Crippen molar-refractivity contribution in [2.75, 3.05) is 27.7 Å². The second-order valence-corrected chi connectivity index (χ2v) is 5.54. The highest BCUT2D eigenvalue weighted by Crippen LogP contribution is 2.34. The van der Waals surface area contributed by atoms with Crippen LogP contribution in [0, 0.1) is 12.7 Å². The zero-order chi connectivity index (χ0) is 16.8. The van der Waals surface area contributed by atoms with Crippen molar-refractivity contribution in [1.29, 1.82) is 0 Å². The second kappa shape index (κ2) is 7.94. The fraction of sp³-hybridized carbons (Fsp3) is 0.333. The van der Waals surface area contributed by atoms with Crippen LogP contribution in [0.4, 0.5) is 4.39 Å². The molecule has 23 heavy (non-hydrogen) atoms. The van der Waals surface area contributed by atoms with E-state index in [1.165, 1.54) is 0 Å². The van der Waals surface area contributed by atoms with Crippen LogP contribution in [0.2, 0.25) is 0 Å². The number of hydrogen-bond donors (Lipinski definition) is 3. The average molecular weight is 316 g/mol. The highest BCUT2D eigenvalue weighted by Gasteiger charge is 2.24. The lowest BCUT2D eigenvalue weighted by Crippen LogP contribution is -2.30. The molecule has 0 aliphatic carbocycles. The Balaban J connectivity index is 2.38. The standard InChI is InChI=1S/C18H25FN4/c1-13-12-14(7-8-16(13)19)18-15(6-5-11-23(18)4)17(20-2)9-10-22-21-3/h5-9,11-12,18,20-22H,10H2,1-4H3/b17-9-. The lowest BCUT2D eigenvalue weighted by Gasteiger charge is -2.33. The Hall–Kier alpha value is -2.11. The van der Waals surface area contributed by atoms with Crippen LogP contribution in [0.1, 0.15) is 17.2 Å². The third-order valence-corrected chi connectivity index (χ3v) is 3.96. The van der Waals surface area contributed by atoms with E-state index < -0.39 is 0 Å². The molecule has 124 valence electrons. The van der Waals surface area contributed by atoms with Gasteiger partial charge in [0.25, 0.3) is 0 Å². The molecule has 2 rings (SSSR count). The summed E-state index contributed by atoms with van der Waals surface area (Å²) in [6.45, 7) is 2.50.